The molecule has 96 valence electrons. The zero-order valence-corrected chi connectivity index (χ0v) is 11.0. The molecule has 1 heterocycles. The Morgan fingerprint density at radius 2 is 2.00 bits per heavy atom. The smallest absolute Gasteiger partial charge is 0.0820 e. The second kappa shape index (κ2) is 7.22. The molecule has 0 spiro atoms. The summed E-state index contributed by atoms with van der Waals surface area (Å²) in [6.07, 6.45) is 2.81. The Morgan fingerprint density at radius 3 is 2.44 bits per heavy atom. The highest BCUT2D eigenvalue weighted by atomic mass is 16.5. The van der Waals surface area contributed by atoms with Gasteiger partial charge in [-0.2, -0.15) is 0 Å². The van der Waals surface area contributed by atoms with Gasteiger partial charge in [-0.3, -0.25) is 0 Å². The lowest BCUT2D eigenvalue weighted by Crippen LogP contribution is -2.43. The van der Waals surface area contributed by atoms with E-state index in [1.54, 1.807) is 7.11 Å². The van der Waals surface area contributed by atoms with Crippen LogP contribution in [0.4, 0.5) is 0 Å². The van der Waals surface area contributed by atoms with E-state index in [-0.39, 0.29) is 6.10 Å². The molecule has 0 saturated carbocycles. The first kappa shape index (κ1) is 13.9. The average Bonchev–Trinajstić information content (AvgIpc) is 2.27. The van der Waals surface area contributed by atoms with Crippen molar-refractivity contribution in [1.29, 1.82) is 0 Å². The predicted molar refractivity (Wildman–Crippen MR) is 67.6 cm³/mol. The van der Waals surface area contributed by atoms with Gasteiger partial charge in [0.2, 0.25) is 0 Å². The molecule has 1 rings (SSSR count). The molecule has 4 heteroatoms. The van der Waals surface area contributed by atoms with Crippen LogP contribution in [0, 0.1) is 5.92 Å². The summed E-state index contributed by atoms with van der Waals surface area (Å²) in [4.78, 5) is 4.77. The Morgan fingerprint density at radius 1 is 1.38 bits per heavy atom. The molecule has 0 aromatic carbocycles. The summed E-state index contributed by atoms with van der Waals surface area (Å²) in [6, 6.07) is 0. The number of nitrogens with two attached hydrogens (primary N) is 1. The maximum atomic E-state index is 5.64. The zero-order chi connectivity index (χ0) is 12.0. The number of piperidine rings is 1. The minimum Gasteiger partial charge on any atom is -0.379 e. The number of hydrogen-bond acceptors (Lipinski definition) is 4. The highest BCUT2D eigenvalue weighted by Gasteiger charge is 2.21. The van der Waals surface area contributed by atoms with Gasteiger partial charge in [0, 0.05) is 26.7 Å². The fourth-order valence-electron chi connectivity index (χ4n) is 2.40. The van der Waals surface area contributed by atoms with Gasteiger partial charge in [0.25, 0.3) is 0 Å². The molecule has 0 radical (unpaired) electrons. The van der Waals surface area contributed by atoms with Gasteiger partial charge in [0.15, 0.2) is 0 Å². The lowest BCUT2D eigenvalue weighted by molar-refractivity contribution is 0.0543. The summed E-state index contributed by atoms with van der Waals surface area (Å²) in [5, 5.41) is 0. The fourth-order valence-corrected chi connectivity index (χ4v) is 2.40. The molecular formula is C12H27N3O. The van der Waals surface area contributed by atoms with Crippen molar-refractivity contribution in [2.75, 3.05) is 53.9 Å². The number of hydrogen-bond donors (Lipinski definition) is 1. The van der Waals surface area contributed by atoms with Crippen molar-refractivity contribution in [3.05, 3.63) is 0 Å². The van der Waals surface area contributed by atoms with Gasteiger partial charge in [0.05, 0.1) is 6.10 Å². The van der Waals surface area contributed by atoms with Crippen molar-refractivity contribution in [1.82, 2.24) is 9.80 Å². The van der Waals surface area contributed by atoms with Crippen LogP contribution in [0.2, 0.25) is 0 Å². The van der Waals surface area contributed by atoms with E-state index in [2.05, 4.69) is 23.9 Å². The number of rotatable bonds is 6. The van der Waals surface area contributed by atoms with Gasteiger partial charge in [-0.1, -0.05) is 0 Å². The molecule has 1 aliphatic heterocycles. The minimum atomic E-state index is 0.199. The summed E-state index contributed by atoms with van der Waals surface area (Å²) < 4.78 is 5.32. The zero-order valence-electron chi connectivity index (χ0n) is 11.0. The first-order chi connectivity index (χ1) is 7.65. The number of likely N-dealkylation sites (tertiary alicyclic amines) is 1. The average molecular weight is 229 g/mol. The standard InChI is InChI=1S/C12H27N3O/c1-14(2)9-11-4-6-15(7-5-11)10-12(8-13)16-3/h11-12H,4-10,13H2,1-3H3. The van der Waals surface area contributed by atoms with Crippen LogP contribution in [0.1, 0.15) is 12.8 Å². The van der Waals surface area contributed by atoms with Crippen LogP contribution in [0.15, 0.2) is 0 Å². The summed E-state index contributed by atoms with van der Waals surface area (Å²) in [5.74, 6) is 0.866. The van der Waals surface area contributed by atoms with Gasteiger partial charge < -0.3 is 20.3 Å². The fraction of sp³-hybridized carbons (Fsp3) is 1.00. The molecule has 1 aliphatic rings. The van der Waals surface area contributed by atoms with Gasteiger partial charge >= 0.3 is 0 Å². The first-order valence-corrected chi connectivity index (χ1v) is 6.25. The van der Waals surface area contributed by atoms with Crippen LogP contribution in [-0.4, -0.2) is 69.8 Å². The van der Waals surface area contributed by atoms with Crippen LogP contribution in [0.5, 0.6) is 0 Å². The third kappa shape index (κ3) is 4.78. The maximum Gasteiger partial charge on any atom is 0.0820 e. The minimum absolute atomic E-state index is 0.199. The molecular weight excluding hydrogens is 202 g/mol. The van der Waals surface area contributed by atoms with Crippen LogP contribution >= 0.6 is 0 Å². The monoisotopic (exact) mass is 229 g/mol. The van der Waals surface area contributed by atoms with E-state index in [1.165, 1.54) is 32.5 Å². The third-order valence-corrected chi connectivity index (χ3v) is 3.39. The van der Waals surface area contributed by atoms with Crippen LogP contribution < -0.4 is 5.73 Å². The highest BCUT2D eigenvalue weighted by molar-refractivity contribution is 4.76. The van der Waals surface area contributed by atoms with Gasteiger partial charge in [-0.25, -0.2) is 0 Å². The van der Waals surface area contributed by atoms with Crippen molar-refractivity contribution >= 4 is 0 Å². The number of methoxy groups -OCH3 is 1. The Labute approximate surface area is 99.7 Å². The van der Waals surface area contributed by atoms with E-state index in [9.17, 15) is 0 Å². The molecule has 0 aromatic heterocycles. The van der Waals surface area contributed by atoms with Crippen molar-refractivity contribution in [3.63, 3.8) is 0 Å². The van der Waals surface area contributed by atoms with Crippen molar-refractivity contribution in [2.24, 2.45) is 11.7 Å². The van der Waals surface area contributed by atoms with Crippen molar-refractivity contribution in [2.45, 2.75) is 18.9 Å². The van der Waals surface area contributed by atoms with Crippen LogP contribution in [0.25, 0.3) is 0 Å². The van der Waals surface area contributed by atoms with Gasteiger partial charge in [-0.15, -0.1) is 0 Å². The first-order valence-electron chi connectivity index (χ1n) is 6.25. The van der Waals surface area contributed by atoms with E-state index in [0.717, 1.165) is 12.5 Å². The SMILES string of the molecule is COC(CN)CN1CCC(CN(C)C)CC1. The largest absolute Gasteiger partial charge is 0.379 e. The van der Waals surface area contributed by atoms with Crippen LogP contribution in [-0.2, 0) is 4.74 Å². The summed E-state index contributed by atoms with van der Waals surface area (Å²) in [7, 11) is 6.06. The summed E-state index contributed by atoms with van der Waals surface area (Å²) in [5.41, 5.74) is 5.64. The predicted octanol–water partition coefficient (Wildman–Crippen LogP) is 0.234. The number of ether oxygens (including phenoxy) is 1. The molecule has 16 heavy (non-hydrogen) atoms. The Balaban J connectivity index is 2.21. The molecule has 1 atom stereocenters. The summed E-state index contributed by atoms with van der Waals surface area (Å²) >= 11 is 0. The Hall–Kier alpha value is -0.160. The molecule has 0 bridgehead atoms. The topological polar surface area (TPSA) is 41.7 Å². The lowest BCUT2D eigenvalue weighted by atomic mass is 9.96. The van der Waals surface area contributed by atoms with Crippen molar-refractivity contribution < 1.29 is 4.74 Å². The molecule has 0 aliphatic carbocycles. The molecule has 0 amide bonds. The molecule has 2 N–H and O–H groups in total. The Bertz CT molecular complexity index is 175. The summed E-state index contributed by atoms with van der Waals surface area (Å²) in [6.45, 7) is 5.21. The van der Waals surface area contributed by atoms with Crippen molar-refractivity contribution in [3.8, 4) is 0 Å². The second-order valence-corrected chi connectivity index (χ2v) is 5.10. The van der Waals surface area contributed by atoms with Gasteiger partial charge in [-0.05, 0) is 45.9 Å². The molecule has 1 fully saturated rings. The molecule has 1 saturated heterocycles. The molecule has 0 aromatic rings. The normalized spacial score (nSPS) is 21.6. The molecule has 4 nitrogen and oxygen atoms in total. The van der Waals surface area contributed by atoms with E-state index in [1.807, 2.05) is 0 Å². The van der Waals surface area contributed by atoms with E-state index >= 15 is 0 Å². The molecule has 1 unspecified atom stereocenters. The van der Waals surface area contributed by atoms with Gasteiger partial charge in [0.1, 0.15) is 0 Å². The van der Waals surface area contributed by atoms with Crippen LogP contribution in [0.3, 0.4) is 0 Å². The highest BCUT2D eigenvalue weighted by Crippen LogP contribution is 2.17. The second-order valence-electron chi connectivity index (χ2n) is 5.10. The lowest BCUT2D eigenvalue weighted by Gasteiger charge is -2.34. The third-order valence-electron chi connectivity index (χ3n) is 3.39. The maximum absolute atomic E-state index is 5.64. The Kier molecular flexibility index (Phi) is 6.28. The van der Waals surface area contributed by atoms with E-state index in [0.29, 0.717) is 6.54 Å². The van der Waals surface area contributed by atoms with E-state index in [4.69, 9.17) is 10.5 Å². The van der Waals surface area contributed by atoms with E-state index < -0.39 is 0 Å². The quantitative estimate of drug-likeness (QED) is 0.708. The number of nitrogens with zero attached hydrogens (tertiary/aromatic N) is 2.